The maximum absolute atomic E-state index is 9.23. The average molecular weight is 924 g/mol. The van der Waals surface area contributed by atoms with E-state index in [2.05, 4.69) is 147 Å². The predicted molar refractivity (Wildman–Crippen MR) is 262 cm³/mol. The van der Waals surface area contributed by atoms with Gasteiger partial charge in [0, 0.05) is 0 Å². The van der Waals surface area contributed by atoms with Gasteiger partial charge in [-0.15, -0.1) is 0 Å². The third-order valence-electron chi connectivity index (χ3n) is 15.7. The molecule has 0 aliphatic heterocycles. The van der Waals surface area contributed by atoms with Crippen LogP contribution in [0.15, 0.2) is 132 Å². The first kappa shape index (κ1) is 41.0. The van der Waals surface area contributed by atoms with Gasteiger partial charge in [-0.2, -0.15) is 0 Å². The molecule has 0 N–H and O–H groups in total. The summed E-state index contributed by atoms with van der Waals surface area (Å²) in [6, 6.07) is 45.8. The van der Waals surface area contributed by atoms with Crippen LogP contribution in [0.2, 0.25) is 13.1 Å². The van der Waals surface area contributed by atoms with E-state index < -0.39 is 21.5 Å². The Bertz CT molecular complexity index is 2430. The summed E-state index contributed by atoms with van der Waals surface area (Å²) in [5.74, 6) is -0.372. The van der Waals surface area contributed by atoms with Crippen molar-refractivity contribution in [2.45, 2.75) is 110 Å². The fourth-order valence-corrected chi connectivity index (χ4v) is 44.0. The second-order valence-electron chi connectivity index (χ2n) is 19.5. The van der Waals surface area contributed by atoms with E-state index in [0.29, 0.717) is 11.8 Å². The van der Waals surface area contributed by atoms with E-state index in [9.17, 15) is 17.0 Å². The summed E-state index contributed by atoms with van der Waals surface area (Å²) in [6.07, 6.45) is 23.6. The Morgan fingerprint density at radius 2 is 0.817 bits per heavy atom. The standard InChI is InChI=1S/2C27H27.C2H7Si.2ClH.Zr/c2*1-2-4-10-20(9-3-1)17-21-18-23-13-8-16-26(27(23)19-21)25-15-7-12-22-11-5-6-14-24(22)25;1-3-2;;;/h2*5-8,11-16,18-20H,1-4,9-10,17H2;3H,1-2H3;2*1H;/q;;;;;+2/p-2. The molecule has 0 amide bonds. The average Bonchev–Trinajstić information content (AvgIpc) is 3.58. The molecule has 2 saturated carbocycles. The Labute approximate surface area is 368 Å². The molecule has 60 heavy (non-hydrogen) atoms. The Morgan fingerprint density at radius 1 is 0.450 bits per heavy atom. The summed E-state index contributed by atoms with van der Waals surface area (Å²) >= 11 is -5.09. The van der Waals surface area contributed by atoms with Crippen LogP contribution in [0.5, 0.6) is 0 Å². The Morgan fingerprint density at radius 3 is 1.23 bits per heavy atom. The zero-order valence-electron chi connectivity index (χ0n) is 35.7. The number of benzene rings is 6. The molecule has 4 aliphatic rings. The van der Waals surface area contributed by atoms with E-state index >= 15 is 0 Å². The molecule has 10 rings (SSSR count). The van der Waals surface area contributed by atoms with Gasteiger partial charge in [-0.05, 0) is 0 Å². The van der Waals surface area contributed by atoms with Crippen molar-refractivity contribution in [2.24, 2.45) is 11.8 Å². The summed E-state index contributed by atoms with van der Waals surface area (Å²) in [5.41, 5.74) is 14.0. The molecule has 0 bridgehead atoms. The Hall–Kier alpha value is -3.00. The molecule has 4 aliphatic carbocycles. The molecular formula is C56H61Cl2SiZr. The minimum absolute atomic E-state index is 0.101. The molecule has 4 heteroatoms. The van der Waals surface area contributed by atoms with Crippen LogP contribution in [0.3, 0.4) is 0 Å². The molecule has 307 valence electrons. The minimum atomic E-state index is -5.09. The van der Waals surface area contributed by atoms with Gasteiger partial charge in [-0.1, -0.05) is 0 Å². The number of rotatable bonds is 9. The molecule has 0 heterocycles. The van der Waals surface area contributed by atoms with Gasteiger partial charge in [0.1, 0.15) is 0 Å². The van der Waals surface area contributed by atoms with Crippen LogP contribution >= 0.6 is 17.0 Å². The fourth-order valence-electron chi connectivity index (χ4n) is 12.6. The zero-order valence-corrected chi connectivity index (χ0v) is 40.9. The van der Waals surface area contributed by atoms with Crippen LogP contribution in [-0.2, 0) is 15.6 Å². The van der Waals surface area contributed by atoms with Crippen LogP contribution in [-0.4, -0.2) is 5.92 Å². The van der Waals surface area contributed by atoms with E-state index in [4.69, 9.17) is 0 Å². The summed E-state index contributed by atoms with van der Waals surface area (Å²) in [5, 5.41) is 5.21. The van der Waals surface area contributed by atoms with Crippen molar-refractivity contribution in [3.8, 4) is 22.3 Å². The molecule has 0 radical (unpaired) electrons. The predicted octanol–water partition coefficient (Wildman–Crippen LogP) is 17.6. The number of hydrogen-bond donors (Lipinski definition) is 0. The quantitative estimate of drug-likeness (QED) is 0.100. The topological polar surface area (TPSA) is 0 Å². The number of fused-ring (bicyclic) bond motifs is 4. The number of allylic oxidation sites excluding steroid dienone is 2. The third-order valence-corrected chi connectivity index (χ3v) is 67.5. The molecule has 2 fully saturated rings. The van der Waals surface area contributed by atoms with Gasteiger partial charge in [-0.25, -0.2) is 0 Å². The Balaban J connectivity index is 1.19. The van der Waals surface area contributed by atoms with E-state index in [-0.39, 0.29) is 7.25 Å². The summed E-state index contributed by atoms with van der Waals surface area (Å²) in [7, 11) is 18.5. The van der Waals surface area contributed by atoms with Crippen molar-refractivity contribution in [2.75, 3.05) is 0 Å². The van der Waals surface area contributed by atoms with Crippen molar-refractivity contribution in [1.29, 1.82) is 0 Å². The number of hydrogen-bond acceptors (Lipinski definition) is 0. The van der Waals surface area contributed by atoms with Crippen LogP contribution in [0.1, 0.15) is 119 Å². The molecule has 2 unspecified atom stereocenters. The molecule has 0 spiro atoms. The van der Waals surface area contributed by atoms with Gasteiger partial charge < -0.3 is 0 Å². The van der Waals surface area contributed by atoms with Crippen molar-refractivity contribution < 1.29 is 15.6 Å². The second kappa shape index (κ2) is 16.9. The summed E-state index contributed by atoms with van der Waals surface area (Å²) < 4.78 is 0.202. The first-order valence-corrected chi connectivity index (χ1v) is 39.8. The zero-order chi connectivity index (χ0) is 40.9. The van der Waals surface area contributed by atoms with Crippen LogP contribution in [0, 0.1) is 11.8 Å². The second-order valence-corrected chi connectivity index (χ2v) is 62.0. The van der Waals surface area contributed by atoms with Gasteiger partial charge in [-0.3, -0.25) is 0 Å². The molecule has 6 aromatic rings. The van der Waals surface area contributed by atoms with Crippen molar-refractivity contribution in [3.63, 3.8) is 0 Å². The monoisotopic (exact) mass is 921 g/mol. The van der Waals surface area contributed by atoms with Crippen molar-refractivity contribution in [1.82, 2.24) is 0 Å². The summed E-state index contributed by atoms with van der Waals surface area (Å²) in [6.45, 7) is 5.10. The van der Waals surface area contributed by atoms with Gasteiger partial charge in [0.05, 0.1) is 0 Å². The first-order valence-electron chi connectivity index (χ1n) is 23.5. The van der Waals surface area contributed by atoms with Gasteiger partial charge in [0.25, 0.3) is 0 Å². The molecule has 0 aromatic heterocycles. The van der Waals surface area contributed by atoms with Crippen molar-refractivity contribution in [3.05, 3.63) is 155 Å². The van der Waals surface area contributed by atoms with Gasteiger partial charge in [0.15, 0.2) is 0 Å². The third kappa shape index (κ3) is 7.22. The molecule has 0 saturated heterocycles. The van der Waals surface area contributed by atoms with E-state index in [1.807, 2.05) is 0 Å². The molecule has 0 nitrogen and oxygen atoms in total. The summed E-state index contributed by atoms with van der Waals surface area (Å²) in [4.78, 5) is 0. The molecular weight excluding hydrogens is 863 g/mol. The van der Waals surface area contributed by atoms with E-state index in [0.717, 1.165) is 12.8 Å². The van der Waals surface area contributed by atoms with Crippen molar-refractivity contribution >= 4 is 56.6 Å². The number of halogens is 2. The maximum atomic E-state index is 9.23. The van der Waals surface area contributed by atoms with Gasteiger partial charge in [0.2, 0.25) is 0 Å². The van der Waals surface area contributed by atoms with E-state index in [1.54, 1.807) is 11.1 Å². The SMILES string of the molecule is C[SiH](C)[Zr]([Cl])([Cl])([CH]1C(CC2CCCCCC2)=Cc2c(-c3cccc4ccccc34)cccc21)[CH]1C(CC2CCCCCC2)=Cc2c(-c3cccc4ccccc34)cccc21. The fraction of sp³-hybridized carbons (Fsp3) is 0.357. The van der Waals surface area contributed by atoms with Crippen LogP contribution in [0.25, 0.3) is 56.0 Å². The van der Waals surface area contributed by atoms with Crippen LogP contribution in [0.4, 0.5) is 0 Å². The van der Waals surface area contributed by atoms with E-state index in [1.165, 1.54) is 143 Å². The molecule has 2 atom stereocenters. The first-order chi connectivity index (χ1) is 29.3. The normalized spacial score (nSPS) is 20.9. The molecule has 6 aromatic carbocycles. The van der Waals surface area contributed by atoms with Crippen LogP contribution < -0.4 is 0 Å². The van der Waals surface area contributed by atoms with Gasteiger partial charge >= 0.3 is 371 Å². The Kier molecular flexibility index (Phi) is 11.6.